The number of aliphatic hydroxyl groups is 2. The Morgan fingerprint density at radius 3 is 2.68 bits per heavy atom. The SMILES string of the molecule is C/C(N)=C/C(=N)Nc1nc(C(O)c2ccc(F)cc2)nc2cc(OCCCO)ccc12. The molecule has 0 radical (unpaired) electrons. The normalized spacial score (nSPS) is 12.6. The van der Waals surface area contributed by atoms with Crippen LogP contribution in [0.15, 0.2) is 54.2 Å². The van der Waals surface area contributed by atoms with E-state index in [4.69, 9.17) is 21.0 Å². The molecule has 3 aromatic rings. The second kappa shape index (κ2) is 9.96. The fraction of sp³-hybridized carbons (Fsp3) is 0.227. The Morgan fingerprint density at radius 1 is 1.26 bits per heavy atom. The maximum Gasteiger partial charge on any atom is 0.164 e. The van der Waals surface area contributed by atoms with Crippen LogP contribution in [0.4, 0.5) is 10.2 Å². The molecule has 0 fully saturated rings. The molecule has 1 aromatic heterocycles. The molecule has 9 heteroatoms. The van der Waals surface area contributed by atoms with Crippen LogP contribution < -0.4 is 15.8 Å². The summed E-state index contributed by atoms with van der Waals surface area (Å²) in [6.45, 7) is 2.02. The van der Waals surface area contributed by atoms with Gasteiger partial charge in [-0.3, -0.25) is 5.41 Å². The van der Waals surface area contributed by atoms with Gasteiger partial charge in [0.2, 0.25) is 0 Å². The lowest BCUT2D eigenvalue weighted by molar-refractivity contribution is 0.210. The fourth-order valence-corrected chi connectivity index (χ4v) is 2.87. The van der Waals surface area contributed by atoms with Gasteiger partial charge in [0.05, 0.1) is 12.1 Å². The molecule has 2 aromatic carbocycles. The molecule has 0 saturated carbocycles. The Balaban J connectivity index is 2.04. The van der Waals surface area contributed by atoms with Gasteiger partial charge in [-0.05, 0) is 42.8 Å². The van der Waals surface area contributed by atoms with Gasteiger partial charge < -0.3 is 26.0 Å². The van der Waals surface area contributed by atoms with Crippen molar-refractivity contribution >= 4 is 22.6 Å². The largest absolute Gasteiger partial charge is 0.493 e. The van der Waals surface area contributed by atoms with Crippen molar-refractivity contribution in [3.8, 4) is 5.75 Å². The van der Waals surface area contributed by atoms with Crippen molar-refractivity contribution < 1.29 is 19.3 Å². The number of fused-ring (bicyclic) bond motifs is 1. The van der Waals surface area contributed by atoms with E-state index in [0.29, 0.717) is 46.8 Å². The molecule has 0 saturated heterocycles. The molecule has 1 atom stereocenters. The second-order valence-corrected chi connectivity index (χ2v) is 6.92. The predicted molar refractivity (Wildman–Crippen MR) is 116 cm³/mol. The van der Waals surface area contributed by atoms with Crippen molar-refractivity contribution in [2.45, 2.75) is 19.4 Å². The number of anilines is 1. The van der Waals surface area contributed by atoms with Crippen molar-refractivity contribution in [1.82, 2.24) is 9.97 Å². The summed E-state index contributed by atoms with van der Waals surface area (Å²) in [6.07, 6.45) is 0.729. The van der Waals surface area contributed by atoms with Gasteiger partial charge in [0.25, 0.3) is 0 Å². The first-order valence-electron chi connectivity index (χ1n) is 9.65. The summed E-state index contributed by atoms with van der Waals surface area (Å²) in [5.41, 5.74) is 7.00. The summed E-state index contributed by atoms with van der Waals surface area (Å²) in [5, 5.41) is 31.3. The van der Waals surface area contributed by atoms with Gasteiger partial charge in [0.1, 0.15) is 29.3 Å². The van der Waals surface area contributed by atoms with Crippen LogP contribution >= 0.6 is 0 Å². The van der Waals surface area contributed by atoms with Crippen LogP contribution in [0.1, 0.15) is 30.8 Å². The van der Waals surface area contributed by atoms with E-state index < -0.39 is 11.9 Å². The molecule has 0 aliphatic carbocycles. The minimum Gasteiger partial charge on any atom is -0.493 e. The number of benzene rings is 2. The number of amidine groups is 1. The summed E-state index contributed by atoms with van der Waals surface area (Å²) < 4.78 is 18.9. The summed E-state index contributed by atoms with van der Waals surface area (Å²) in [7, 11) is 0. The van der Waals surface area contributed by atoms with E-state index in [1.165, 1.54) is 30.3 Å². The van der Waals surface area contributed by atoms with Gasteiger partial charge in [-0.15, -0.1) is 0 Å². The van der Waals surface area contributed by atoms with Crippen molar-refractivity contribution in [3.63, 3.8) is 0 Å². The van der Waals surface area contributed by atoms with E-state index in [9.17, 15) is 9.50 Å². The molecule has 0 aliphatic heterocycles. The third-order valence-corrected chi connectivity index (χ3v) is 4.31. The highest BCUT2D eigenvalue weighted by Gasteiger charge is 2.18. The number of ether oxygens (including phenoxy) is 1. The smallest absolute Gasteiger partial charge is 0.164 e. The number of aliphatic hydroxyl groups excluding tert-OH is 2. The molecule has 6 N–H and O–H groups in total. The number of rotatable bonds is 8. The average molecular weight is 425 g/mol. The standard InChI is InChI=1S/C22H24FN5O3/c1-13(24)11-19(25)27-21-17-8-7-16(31-10-2-9-29)12-18(17)26-22(28-21)20(30)14-3-5-15(23)6-4-14/h3-8,11-12,20,29-30H,2,9-10,24H2,1H3,(H2,25,26,27,28)/b13-11-. The van der Waals surface area contributed by atoms with Crippen LogP contribution in [0.2, 0.25) is 0 Å². The number of nitrogens with zero attached hydrogens (tertiary/aromatic N) is 2. The van der Waals surface area contributed by atoms with Gasteiger partial charge in [-0.2, -0.15) is 0 Å². The number of hydrogen-bond donors (Lipinski definition) is 5. The highest BCUT2D eigenvalue weighted by Crippen LogP contribution is 2.28. The molecule has 0 aliphatic rings. The molecule has 0 amide bonds. The van der Waals surface area contributed by atoms with E-state index in [0.717, 1.165) is 0 Å². The first kappa shape index (κ1) is 22.1. The molecule has 0 bridgehead atoms. The van der Waals surface area contributed by atoms with E-state index in [1.54, 1.807) is 25.1 Å². The van der Waals surface area contributed by atoms with Crippen LogP contribution in [0.25, 0.3) is 10.9 Å². The first-order valence-corrected chi connectivity index (χ1v) is 9.65. The number of halogens is 1. The molecule has 0 spiro atoms. The Hall–Kier alpha value is -3.56. The molecular formula is C22H24FN5O3. The lowest BCUT2D eigenvalue weighted by Crippen LogP contribution is -2.14. The summed E-state index contributed by atoms with van der Waals surface area (Å²) in [4.78, 5) is 8.86. The van der Waals surface area contributed by atoms with Gasteiger partial charge in [0.15, 0.2) is 5.82 Å². The zero-order chi connectivity index (χ0) is 22.4. The monoisotopic (exact) mass is 425 g/mol. The predicted octanol–water partition coefficient (Wildman–Crippen LogP) is 2.86. The molecular weight excluding hydrogens is 401 g/mol. The fourth-order valence-electron chi connectivity index (χ4n) is 2.87. The number of hydrogen-bond acceptors (Lipinski definition) is 7. The number of nitrogens with two attached hydrogens (primary N) is 1. The number of nitrogens with one attached hydrogen (secondary N) is 2. The van der Waals surface area contributed by atoms with Crippen molar-refractivity contribution in [3.05, 3.63) is 71.4 Å². The lowest BCUT2D eigenvalue weighted by Gasteiger charge is -2.15. The van der Waals surface area contributed by atoms with E-state index in [2.05, 4.69) is 15.3 Å². The molecule has 3 rings (SSSR count). The summed E-state index contributed by atoms with van der Waals surface area (Å²) >= 11 is 0. The van der Waals surface area contributed by atoms with Crippen molar-refractivity contribution in [2.24, 2.45) is 5.73 Å². The second-order valence-electron chi connectivity index (χ2n) is 6.92. The quantitative estimate of drug-likeness (QED) is 0.213. The van der Waals surface area contributed by atoms with E-state index in [-0.39, 0.29) is 18.3 Å². The van der Waals surface area contributed by atoms with Gasteiger partial charge in [0, 0.05) is 30.2 Å². The van der Waals surface area contributed by atoms with Crippen molar-refractivity contribution in [1.29, 1.82) is 5.41 Å². The molecule has 1 unspecified atom stereocenters. The summed E-state index contributed by atoms with van der Waals surface area (Å²) in [6, 6.07) is 10.6. The summed E-state index contributed by atoms with van der Waals surface area (Å²) in [5.74, 6) is 0.534. The zero-order valence-corrected chi connectivity index (χ0v) is 17.0. The Morgan fingerprint density at radius 2 is 2.00 bits per heavy atom. The minimum atomic E-state index is -1.20. The van der Waals surface area contributed by atoms with E-state index in [1.807, 2.05) is 0 Å². The van der Waals surface area contributed by atoms with Crippen LogP contribution in [0, 0.1) is 11.2 Å². The van der Waals surface area contributed by atoms with Crippen LogP contribution in [-0.4, -0.2) is 39.2 Å². The van der Waals surface area contributed by atoms with Crippen molar-refractivity contribution in [2.75, 3.05) is 18.5 Å². The van der Waals surface area contributed by atoms with Crippen LogP contribution in [0.5, 0.6) is 5.75 Å². The third-order valence-electron chi connectivity index (χ3n) is 4.31. The first-order chi connectivity index (χ1) is 14.9. The van der Waals surface area contributed by atoms with Gasteiger partial charge in [-0.1, -0.05) is 12.1 Å². The minimum absolute atomic E-state index is 0.0190. The van der Waals surface area contributed by atoms with Gasteiger partial charge >= 0.3 is 0 Å². The Kier molecular flexibility index (Phi) is 7.11. The maximum atomic E-state index is 13.3. The highest BCUT2D eigenvalue weighted by molar-refractivity contribution is 6.06. The number of allylic oxidation sites excluding steroid dienone is 1. The van der Waals surface area contributed by atoms with Gasteiger partial charge in [-0.25, -0.2) is 14.4 Å². The topological polar surface area (TPSA) is 137 Å². The number of aromatic nitrogens is 2. The third kappa shape index (κ3) is 5.74. The highest BCUT2D eigenvalue weighted by atomic mass is 19.1. The van der Waals surface area contributed by atoms with Crippen LogP contribution in [0.3, 0.4) is 0 Å². The lowest BCUT2D eigenvalue weighted by atomic mass is 10.1. The molecule has 1 heterocycles. The average Bonchev–Trinajstić information content (AvgIpc) is 2.73. The zero-order valence-electron chi connectivity index (χ0n) is 17.0. The molecule has 31 heavy (non-hydrogen) atoms. The Bertz CT molecular complexity index is 1100. The molecule has 8 nitrogen and oxygen atoms in total. The van der Waals surface area contributed by atoms with E-state index >= 15 is 0 Å². The molecule has 162 valence electrons. The maximum absolute atomic E-state index is 13.3. The Labute approximate surface area is 178 Å². The van der Waals surface area contributed by atoms with Crippen LogP contribution in [-0.2, 0) is 0 Å².